The normalized spacial score (nSPS) is 20.5. The number of ether oxygens (including phenoxy) is 2. The number of piperidine rings is 1. The van der Waals surface area contributed by atoms with Gasteiger partial charge in [-0.3, -0.25) is 10.1 Å². The van der Waals surface area contributed by atoms with Gasteiger partial charge in [0.05, 0.1) is 23.8 Å². The first kappa shape index (κ1) is 18.9. The Hall–Kier alpha value is -2.84. The monoisotopic (exact) mass is 380 g/mol. The van der Waals surface area contributed by atoms with Crippen LogP contribution in [0.3, 0.4) is 0 Å². The zero-order valence-electron chi connectivity index (χ0n) is 15.3. The lowest BCUT2D eigenvalue weighted by Gasteiger charge is -2.35. The Kier molecular flexibility index (Phi) is 4.95. The van der Waals surface area contributed by atoms with Crippen LogP contribution in [0, 0.1) is 10.1 Å². The van der Waals surface area contributed by atoms with Gasteiger partial charge in [0.15, 0.2) is 17.5 Å². The Morgan fingerprint density at radius 3 is 2.78 bits per heavy atom. The van der Waals surface area contributed by atoms with Gasteiger partial charge in [-0.2, -0.15) is 0 Å². The molecule has 0 bridgehead atoms. The molecular weight excluding hydrogens is 359 g/mol. The smallest absolute Gasteiger partial charge is 0.410 e. The standard InChI is InChI=1S/C18H21FN2O6/c1-18(2,3)27-17(22)20-6-4-14(13(19)10-20)26-15-9-12(21(23)24)8-11-5-7-25-16(11)15/h5,7-9,13-14H,4,6,10H2,1-3H3/t13-,14+/m0/s1. The number of non-ortho nitro benzene ring substituents is 1. The zero-order chi connectivity index (χ0) is 19.8. The van der Waals surface area contributed by atoms with Crippen molar-refractivity contribution >= 4 is 22.7 Å². The minimum Gasteiger partial charge on any atom is -0.483 e. The van der Waals surface area contributed by atoms with E-state index in [1.807, 2.05) is 0 Å². The third-order valence-electron chi connectivity index (χ3n) is 4.12. The number of benzene rings is 1. The van der Waals surface area contributed by atoms with Crippen LogP contribution in [0.15, 0.2) is 28.9 Å². The molecule has 8 nitrogen and oxygen atoms in total. The first-order valence-electron chi connectivity index (χ1n) is 8.58. The lowest BCUT2D eigenvalue weighted by molar-refractivity contribution is -0.384. The van der Waals surface area contributed by atoms with Gasteiger partial charge < -0.3 is 18.8 Å². The summed E-state index contributed by atoms with van der Waals surface area (Å²) in [6.45, 7) is 5.31. The molecule has 1 aliphatic rings. The van der Waals surface area contributed by atoms with E-state index in [4.69, 9.17) is 13.9 Å². The molecule has 146 valence electrons. The Labute approximate surface area is 155 Å². The maximum Gasteiger partial charge on any atom is 0.410 e. The van der Waals surface area contributed by atoms with Crippen LogP contribution in [0.2, 0.25) is 0 Å². The molecule has 0 unspecified atom stereocenters. The number of carbonyl (C=O) groups is 1. The van der Waals surface area contributed by atoms with Crippen LogP contribution in [0.25, 0.3) is 11.0 Å². The van der Waals surface area contributed by atoms with E-state index in [1.54, 1.807) is 26.8 Å². The van der Waals surface area contributed by atoms with Crippen LogP contribution >= 0.6 is 0 Å². The van der Waals surface area contributed by atoms with Crippen molar-refractivity contribution < 1.29 is 28.0 Å². The van der Waals surface area contributed by atoms with Crippen LogP contribution in [-0.4, -0.2) is 46.9 Å². The molecule has 1 amide bonds. The molecule has 1 aliphatic heterocycles. The second-order valence-corrected chi connectivity index (χ2v) is 7.43. The second kappa shape index (κ2) is 7.05. The Bertz CT molecular complexity index is 859. The van der Waals surface area contributed by atoms with Crippen molar-refractivity contribution in [3.63, 3.8) is 0 Å². The summed E-state index contributed by atoms with van der Waals surface area (Å²) in [5.74, 6) is 0.113. The van der Waals surface area contributed by atoms with Crippen molar-refractivity contribution in [3.8, 4) is 5.75 Å². The van der Waals surface area contributed by atoms with Crippen LogP contribution in [0.5, 0.6) is 5.75 Å². The van der Waals surface area contributed by atoms with Gasteiger partial charge in [0, 0.05) is 24.4 Å². The Morgan fingerprint density at radius 1 is 1.41 bits per heavy atom. The molecule has 2 atom stereocenters. The first-order chi connectivity index (χ1) is 12.6. The highest BCUT2D eigenvalue weighted by atomic mass is 19.1. The molecule has 1 aromatic heterocycles. The first-order valence-corrected chi connectivity index (χ1v) is 8.58. The molecule has 2 aromatic rings. The molecule has 0 N–H and O–H groups in total. The maximum atomic E-state index is 14.6. The van der Waals surface area contributed by atoms with Crippen LogP contribution < -0.4 is 4.74 Å². The number of hydrogen-bond donors (Lipinski definition) is 0. The quantitative estimate of drug-likeness (QED) is 0.588. The maximum absolute atomic E-state index is 14.6. The van der Waals surface area contributed by atoms with E-state index in [0.717, 1.165) is 0 Å². The molecule has 1 saturated heterocycles. The van der Waals surface area contributed by atoms with Crippen molar-refractivity contribution in [2.24, 2.45) is 0 Å². The summed E-state index contributed by atoms with van der Waals surface area (Å²) in [6, 6.07) is 4.16. The molecule has 1 aromatic carbocycles. The molecule has 3 rings (SSSR count). The number of hydrogen-bond acceptors (Lipinski definition) is 6. The molecule has 0 aliphatic carbocycles. The van der Waals surface area contributed by atoms with E-state index in [0.29, 0.717) is 11.0 Å². The molecular formula is C18H21FN2O6. The Morgan fingerprint density at radius 2 is 2.15 bits per heavy atom. The average Bonchev–Trinajstić information content (AvgIpc) is 3.03. The summed E-state index contributed by atoms with van der Waals surface area (Å²) < 4.78 is 30.9. The van der Waals surface area contributed by atoms with E-state index in [2.05, 4.69) is 0 Å². The molecule has 27 heavy (non-hydrogen) atoms. The average molecular weight is 380 g/mol. The number of halogens is 1. The summed E-state index contributed by atoms with van der Waals surface area (Å²) >= 11 is 0. The molecule has 2 heterocycles. The number of fused-ring (bicyclic) bond motifs is 1. The van der Waals surface area contributed by atoms with E-state index >= 15 is 0 Å². The highest BCUT2D eigenvalue weighted by Crippen LogP contribution is 2.34. The second-order valence-electron chi connectivity index (χ2n) is 7.43. The molecule has 9 heteroatoms. The lowest BCUT2D eigenvalue weighted by atomic mass is 10.1. The predicted molar refractivity (Wildman–Crippen MR) is 94.6 cm³/mol. The number of nitro benzene ring substituents is 1. The number of nitro groups is 1. The highest BCUT2D eigenvalue weighted by molar-refractivity contribution is 5.85. The van der Waals surface area contributed by atoms with Crippen molar-refractivity contribution in [2.75, 3.05) is 13.1 Å². The van der Waals surface area contributed by atoms with Gasteiger partial charge in [-0.05, 0) is 26.8 Å². The fourth-order valence-electron chi connectivity index (χ4n) is 2.90. The van der Waals surface area contributed by atoms with Gasteiger partial charge in [0.2, 0.25) is 0 Å². The number of rotatable bonds is 3. The molecule has 0 saturated carbocycles. The lowest BCUT2D eigenvalue weighted by Crippen LogP contribution is -2.50. The van der Waals surface area contributed by atoms with Gasteiger partial charge in [-0.15, -0.1) is 0 Å². The van der Waals surface area contributed by atoms with E-state index in [-0.39, 0.29) is 30.9 Å². The molecule has 0 spiro atoms. The van der Waals surface area contributed by atoms with Crippen LogP contribution in [0.1, 0.15) is 27.2 Å². The Balaban J connectivity index is 1.73. The summed E-state index contributed by atoms with van der Waals surface area (Å²) in [4.78, 5) is 23.9. The van der Waals surface area contributed by atoms with Gasteiger partial charge >= 0.3 is 6.09 Å². The highest BCUT2D eigenvalue weighted by Gasteiger charge is 2.35. The van der Waals surface area contributed by atoms with Gasteiger partial charge in [-0.1, -0.05) is 0 Å². The van der Waals surface area contributed by atoms with E-state index < -0.39 is 28.9 Å². The topological polar surface area (TPSA) is 95.0 Å². The zero-order valence-corrected chi connectivity index (χ0v) is 15.3. The fraction of sp³-hybridized carbons (Fsp3) is 0.500. The van der Waals surface area contributed by atoms with Crippen molar-refractivity contribution in [1.29, 1.82) is 0 Å². The van der Waals surface area contributed by atoms with Crippen LogP contribution in [-0.2, 0) is 4.74 Å². The third kappa shape index (κ3) is 4.29. The van der Waals surface area contributed by atoms with Crippen molar-refractivity contribution in [2.45, 2.75) is 45.1 Å². The number of carbonyl (C=O) groups excluding carboxylic acids is 1. The summed E-state index contributed by atoms with van der Waals surface area (Å²) in [6.07, 6.45) is -1.27. The van der Waals surface area contributed by atoms with Crippen molar-refractivity contribution in [1.82, 2.24) is 4.90 Å². The summed E-state index contributed by atoms with van der Waals surface area (Å²) in [5.41, 5.74) is -0.507. The minimum absolute atomic E-state index is 0.113. The van der Waals surface area contributed by atoms with Crippen LogP contribution in [0.4, 0.5) is 14.9 Å². The van der Waals surface area contributed by atoms with E-state index in [1.165, 1.54) is 23.3 Å². The number of nitrogens with zero attached hydrogens (tertiary/aromatic N) is 2. The largest absolute Gasteiger partial charge is 0.483 e. The van der Waals surface area contributed by atoms with Crippen molar-refractivity contribution in [3.05, 3.63) is 34.6 Å². The molecule has 1 fully saturated rings. The van der Waals surface area contributed by atoms with E-state index in [9.17, 15) is 19.3 Å². The SMILES string of the molecule is CC(C)(C)OC(=O)N1CC[C@@H](Oc2cc([N+](=O)[O-])cc3ccoc23)[C@@H](F)C1. The number of alkyl halides is 1. The predicted octanol–water partition coefficient (Wildman–Crippen LogP) is 4.07. The number of amides is 1. The number of furan rings is 1. The van der Waals surface area contributed by atoms with Gasteiger partial charge in [0.25, 0.3) is 5.69 Å². The number of likely N-dealkylation sites (tertiary alicyclic amines) is 1. The van der Waals surface area contributed by atoms with Gasteiger partial charge in [0.1, 0.15) is 11.7 Å². The fourth-order valence-corrected chi connectivity index (χ4v) is 2.90. The molecule has 0 radical (unpaired) electrons. The van der Waals surface area contributed by atoms with Gasteiger partial charge in [-0.25, -0.2) is 9.18 Å². The minimum atomic E-state index is -1.46. The summed E-state index contributed by atoms with van der Waals surface area (Å²) in [7, 11) is 0. The third-order valence-corrected chi connectivity index (χ3v) is 4.12. The summed E-state index contributed by atoms with van der Waals surface area (Å²) in [5, 5.41) is 11.6.